The Morgan fingerprint density at radius 3 is 2.60 bits per heavy atom. The van der Waals surface area contributed by atoms with Gasteiger partial charge in [-0.15, -0.1) is 0 Å². The van der Waals surface area contributed by atoms with Crippen LogP contribution in [0.15, 0.2) is 10.6 Å². The third-order valence-corrected chi connectivity index (χ3v) is 3.67. The second-order valence-corrected chi connectivity index (χ2v) is 6.81. The molecule has 1 aromatic rings. The van der Waals surface area contributed by atoms with Crippen molar-refractivity contribution in [1.29, 1.82) is 0 Å². The average molecular weight is 280 g/mol. The van der Waals surface area contributed by atoms with E-state index >= 15 is 0 Å². The fraction of sp³-hybridized carbons (Fsp3) is 0.812. The largest absolute Gasteiger partial charge is 0.370 e. The van der Waals surface area contributed by atoms with Crippen LogP contribution >= 0.6 is 0 Å². The number of rotatable bonds is 5. The van der Waals surface area contributed by atoms with Crippen LogP contribution in [-0.2, 0) is 17.9 Å². The van der Waals surface area contributed by atoms with Gasteiger partial charge in [0.2, 0.25) is 0 Å². The van der Waals surface area contributed by atoms with Crippen LogP contribution < -0.4 is 5.32 Å². The molecule has 2 rings (SSSR count). The Morgan fingerprint density at radius 2 is 1.95 bits per heavy atom. The first-order valence-corrected chi connectivity index (χ1v) is 7.84. The van der Waals surface area contributed by atoms with E-state index in [1.807, 2.05) is 6.07 Å². The van der Waals surface area contributed by atoms with E-state index in [-0.39, 0.29) is 5.54 Å². The van der Waals surface area contributed by atoms with Gasteiger partial charge in [-0.05, 0) is 33.6 Å². The first-order valence-electron chi connectivity index (χ1n) is 7.84. The van der Waals surface area contributed by atoms with Gasteiger partial charge in [0.05, 0.1) is 11.8 Å². The molecule has 0 amide bonds. The molecule has 1 aliphatic rings. The average Bonchev–Trinajstić information content (AvgIpc) is 2.68. The van der Waals surface area contributed by atoms with Crippen LogP contribution in [0.1, 0.15) is 70.8 Å². The second-order valence-electron chi connectivity index (χ2n) is 6.81. The molecule has 1 N–H and O–H groups in total. The molecule has 1 heterocycles. The number of nitrogens with one attached hydrogen (secondary N) is 1. The monoisotopic (exact) mass is 280 g/mol. The van der Waals surface area contributed by atoms with Gasteiger partial charge in [-0.1, -0.05) is 30.8 Å². The molecule has 0 aromatic carbocycles. The number of nitrogens with zero attached hydrogens (tertiary/aromatic N) is 1. The molecule has 0 radical (unpaired) electrons. The molecule has 4 heteroatoms. The van der Waals surface area contributed by atoms with Crippen LogP contribution in [-0.4, -0.2) is 16.8 Å². The lowest BCUT2D eigenvalue weighted by Crippen LogP contribution is -2.35. The molecular weight excluding hydrogens is 252 g/mol. The summed E-state index contributed by atoms with van der Waals surface area (Å²) in [5.74, 6) is 0.833. The first-order chi connectivity index (χ1) is 9.53. The van der Waals surface area contributed by atoms with Crippen molar-refractivity contribution >= 4 is 0 Å². The second kappa shape index (κ2) is 7.23. The van der Waals surface area contributed by atoms with E-state index in [1.54, 1.807) is 0 Å². The van der Waals surface area contributed by atoms with Gasteiger partial charge in [-0.3, -0.25) is 0 Å². The normalized spacial score (nSPS) is 18.1. The molecule has 1 aliphatic carbocycles. The molecule has 0 aliphatic heterocycles. The van der Waals surface area contributed by atoms with Crippen LogP contribution in [0.3, 0.4) is 0 Å². The molecule has 0 atom stereocenters. The molecule has 0 bridgehead atoms. The summed E-state index contributed by atoms with van der Waals surface area (Å²) in [4.78, 5) is 0. The predicted octanol–water partition coefficient (Wildman–Crippen LogP) is 3.80. The van der Waals surface area contributed by atoms with E-state index in [1.165, 1.54) is 38.5 Å². The minimum atomic E-state index is 0.0932. The Balaban J connectivity index is 1.74. The van der Waals surface area contributed by atoms with Gasteiger partial charge < -0.3 is 14.6 Å². The highest BCUT2D eigenvalue weighted by molar-refractivity contribution is 5.04. The van der Waals surface area contributed by atoms with Gasteiger partial charge in [0.25, 0.3) is 0 Å². The summed E-state index contributed by atoms with van der Waals surface area (Å²) in [6.45, 7) is 7.71. The third-order valence-electron chi connectivity index (χ3n) is 3.67. The minimum absolute atomic E-state index is 0.0932. The van der Waals surface area contributed by atoms with Crippen molar-refractivity contribution in [3.8, 4) is 0 Å². The van der Waals surface area contributed by atoms with Crippen LogP contribution in [0, 0.1) is 0 Å². The lowest BCUT2D eigenvalue weighted by atomic mass is 10.1. The predicted molar refractivity (Wildman–Crippen MR) is 79.4 cm³/mol. The van der Waals surface area contributed by atoms with Crippen molar-refractivity contribution in [2.45, 2.75) is 84.1 Å². The zero-order chi connectivity index (χ0) is 14.4. The quantitative estimate of drug-likeness (QED) is 0.833. The van der Waals surface area contributed by atoms with Gasteiger partial charge in [-0.2, -0.15) is 0 Å². The van der Waals surface area contributed by atoms with E-state index < -0.39 is 0 Å². The summed E-state index contributed by atoms with van der Waals surface area (Å²) in [6, 6.07) is 2.00. The van der Waals surface area contributed by atoms with E-state index in [4.69, 9.17) is 9.26 Å². The first kappa shape index (κ1) is 15.5. The molecule has 1 saturated carbocycles. The Kier molecular flexibility index (Phi) is 5.61. The third kappa shape index (κ3) is 5.63. The highest BCUT2D eigenvalue weighted by Gasteiger charge is 2.15. The summed E-state index contributed by atoms with van der Waals surface area (Å²) in [7, 11) is 0. The highest BCUT2D eigenvalue weighted by atomic mass is 16.5. The molecule has 0 unspecified atom stereocenters. The van der Waals surface area contributed by atoms with Gasteiger partial charge in [0, 0.05) is 18.2 Å². The lowest BCUT2D eigenvalue weighted by Gasteiger charge is -2.19. The van der Waals surface area contributed by atoms with E-state index in [9.17, 15) is 0 Å². The Bertz CT molecular complexity index is 387. The standard InChI is InChI=1S/C16H28N2O2/c1-16(2,3)17-11-13-10-15(20-18-13)12-19-14-8-6-4-5-7-9-14/h10,14,17H,4-9,11-12H2,1-3H3. The topological polar surface area (TPSA) is 47.3 Å². The number of hydrogen-bond donors (Lipinski definition) is 1. The number of hydrogen-bond acceptors (Lipinski definition) is 4. The number of ether oxygens (including phenoxy) is 1. The molecule has 20 heavy (non-hydrogen) atoms. The van der Waals surface area contributed by atoms with Crippen LogP contribution in [0.25, 0.3) is 0 Å². The van der Waals surface area contributed by atoms with Crippen LogP contribution in [0.5, 0.6) is 0 Å². The smallest absolute Gasteiger partial charge is 0.162 e. The lowest BCUT2D eigenvalue weighted by molar-refractivity contribution is 0.0195. The zero-order valence-corrected chi connectivity index (χ0v) is 13.1. The maximum Gasteiger partial charge on any atom is 0.162 e. The van der Waals surface area contributed by atoms with Crippen molar-refractivity contribution in [2.24, 2.45) is 0 Å². The van der Waals surface area contributed by atoms with Gasteiger partial charge in [-0.25, -0.2) is 0 Å². The maximum absolute atomic E-state index is 5.95. The fourth-order valence-electron chi connectivity index (χ4n) is 2.47. The van der Waals surface area contributed by atoms with Crippen molar-refractivity contribution in [1.82, 2.24) is 10.5 Å². The van der Waals surface area contributed by atoms with Crippen LogP contribution in [0.4, 0.5) is 0 Å². The summed E-state index contributed by atoms with van der Waals surface area (Å²) < 4.78 is 11.3. The zero-order valence-electron chi connectivity index (χ0n) is 13.1. The molecule has 0 saturated heterocycles. The summed E-state index contributed by atoms with van der Waals surface area (Å²) >= 11 is 0. The SMILES string of the molecule is CC(C)(C)NCc1cc(COC2CCCCCC2)on1. The molecule has 1 aromatic heterocycles. The minimum Gasteiger partial charge on any atom is -0.370 e. The molecule has 1 fully saturated rings. The Morgan fingerprint density at radius 1 is 1.25 bits per heavy atom. The fourth-order valence-corrected chi connectivity index (χ4v) is 2.47. The van der Waals surface area contributed by atoms with E-state index in [2.05, 4.69) is 31.2 Å². The molecule has 0 spiro atoms. The van der Waals surface area contributed by atoms with Gasteiger partial charge in [0.1, 0.15) is 6.61 Å². The van der Waals surface area contributed by atoms with Crippen molar-refractivity contribution < 1.29 is 9.26 Å². The number of aromatic nitrogens is 1. The maximum atomic E-state index is 5.95. The molecule has 114 valence electrons. The summed E-state index contributed by atoms with van der Waals surface area (Å²) in [5, 5.41) is 7.49. The van der Waals surface area contributed by atoms with Crippen molar-refractivity contribution in [2.75, 3.05) is 0 Å². The highest BCUT2D eigenvalue weighted by Crippen LogP contribution is 2.21. The van der Waals surface area contributed by atoms with Crippen LogP contribution in [0.2, 0.25) is 0 Å². The van der Waals surface area contributed by atoms with Crippen molar-refractivity contribution in [3.63, 3.8) is 0 Å². The Hall–Kier alpha value is -0.870. The van der Waals surface area contributed by atoms with Gasteiger partial charge in [0.15, 0.2) is 5.76 Å². The van der Waals surface area contributed by atoms with Gasteiger partial charge >= 0.3 is 0 Å². The van der Waals surface area contributed by atoms with E-state index in [0.29, 0.717) is 12.7 Å². The van der Waals surface area contributed by atoms with Crippen molar-refractivity contribution in [3.05, 3.63) is 17.5 Å². The Labute approximate surface area is 122 Å². The summed E-state index contributed by atoms with van der Waals surface area (Å²) in [6.07, 6.45) is 8.07. The van der Waals surface area contributed by atoms with E-state index in [0.717, 1.165) is 18.0 Å². The molecule has 4 nitrogen and oxygen atoms in total. The molecular formula is C16H28N2O2. The summed E-state index contributed by atoms with van der Waals surface area (Å²) in [5.41, 5.74) is 1.04.